The number of carbonyl (C=O) groups excluding carboxylic acids is 1. The Hall–Kier alpha value is -1.85. The number of carbonyl (C=O) groups is 2. The first-order chi connectivity index (χ1) is 8.41. The Balaban J connectivity index is 2.46. The molecule has 0 fully saturated rings. The quantitative estimate of drug-likeness (QED) is 0.776. The van der Waals surface area contributed by atoms with Crippen LogP contribution in [0.5, 0.6) is 0 Å². The van der Waals surface area contributed by atoms with Gasteiger partial charge in [-0.2, -0.15) is 5.10 Å². The van der Waals surface area contributed by atoms with Gasteiger partial charge < -0.3 is 10.4 Å². The molecular formula is C12H19N3O3. The Morgan fingerprint density at radius 3 is 2.61 bits per heavy atom. The van der Waals surface area contributed by atoms with E-state index in [1.807, 2.05) is 6.07 Å². The smallest absolute Gasteiger partial charge is 0.326 e. The molecule has 1 heterocycles. The van der Waals surface area contributed by atoms with E-state index in [1.54, 1.807) is 31.8 Å². The van der Waals surface area contributed by atoms with E-state index in [0.717, 1.165) is 5.69 Å². The number of nitrogens with zero attached hydrogens (tertiary/aromatic N) is 2. The van der Waals surface area contributed by atoms with Gasteiger partial charge in [-0.1, -0.05) is 13.8 Å². The summed E-state index contributed by atoms with van der Waals surface area (Å²) in [6, 6.07) is 1.01. The number of nitrogens with one attached hydrogen (secondary N) is 1. The summed E-state index contributed by atoms with van der Waals surface area (Å²) >= 11 is 0. The van der Waals surface area contributed by atoms with Crippen molar-refractivity contribution in [3.63, 3.8) is 0 Å². The van der Waals surface area contributed by atoms with Crippen LogP contribution in [0.4, 0.5) is 0 Å². The summed E-state index contributed by atoms with van der Waals surface area (Å²) in [4.78, 5) is 22.6. The normalized spacial score (nSPS) is 12.4. The van der Waals surface area contributed by atoms with Gasteiger partial charge in [0.1, 0.15) is 6.04 Å². The molecule has 6 nitrogen and oxygen atoms in total. The number of hydrogen-bond donors (Lipinski definition) is 2. The third-order valence-electron chi connectivity index (χ3n) is 2.78. The zero-order chi connectivity index (χ0) is 13.7. The maximum Gasteiger partial charge on any atom is 0.326 e. The van der Waals surface area contributed by atoms with Crippen LogP contribution in [0.2, 0.25) is 0 Å². The van der Waals surface area contributed by atoms with Crippen molar-refractivity contribution in [2.24, 2.45) is 13.0 Å². The fourth-order valence-electron chi connectivity index (χ4n) is 1.65. The molecular weight excluding hydrogens is 234 g/mol. The van der Waals surface area contributed by atoms with Gasteiger partial charge in [-0.05, 0) is 18.4 Å². The van der Waals surface area contributed by atoms with Crippen LogP contribution in [0, 0.1) is 5.92 Å². The summed E-state index contributed by atoms with van der Waals surface area (Å²) in [6.07, 6.45) is 2.48. The van der Waals surface area contributed by atoms with Crippen molar-refractivity contribution in [1.82, 2.24) is 15.1 Å². The van der Waals surface area contributed by atoms with Gasteiger partial charge in [-0.3, -0.25) is 9.48 Å². The molecule has 0 saturated carbocycles. The average Bonchev–Trinajstić information content (AvgIpc) is 2.68. The molecule has 2 N–H and O–H groups in total. The summed E-state index contributed by atoms with van der Waals surface area (Å²) in [5, 5.41) is 15.5. The van der Waals surface area contributed by atoms with Crippen molar-refractivity contribution in [1.29, 1.82) is 0 Å². The topological polar surface area (TPSA) is 84.2 Å². The number of aryl methyl sites for hydroxylation is 2. The number of rotatable bonds is 6. The standard InChI is InChI=1S/C12H19N3O3/c1-8(2)11(12(17)18)14-10(16)5-4-9-6-7-13-15(9)3/h6-8,11H,4-5H2,1-3H3,(H,14,16)(H,17,18)/t11-/m1/s1. The van der Waals surface area contributed by atoms with E-state index in [1.165, 1.54) is 0 Å². The molecule has 0 aliphatic rings. The first-order valence-corrected chi connectivity index (χ1v) is 5.91. The van der Waals surface area contributed by atoms with E-state index < -0.39 is 12.0 Å². The van der Waals surface area contributed by atoms with Crippen molar-refractivity contribution < 1.29 is 14.7 Å². The molecule has 0 saturated heterocycles. The Morgan fingerprint density at radius 2 is 2.17 bits per heavy atom. The zero-order valence-electron chi connectivity index (χ0n) is 10.9. The van der Waals surface area contributed by atoms with Crippen molar-refractivity contribution in [3.8, 4) is 0 Å². The molecule has 100 valence electrons. The van der Waals surface area contributed by atoms with E-state index in [-0.39, 0.29) is 18.2 Å². The lowest BCUT2D eigenvalue weighted by Crippen LogP contribution is -2.44. The van der Waals surface area contributed by atoms with Crippen LogP contribution in [0.15, 0.2) is 12.3 Å². The first-order valence-electron chi connectivity index (χ1n) is 5.91. The molecule has 1 aromatic rings. The predicted molar refractivity (Wildman–Crippen MR) is 65.9 cm³/mol. The molecule has 1 aromatic heterocycles. The highest BCUT2D eigenvalue weighted by Gasteiger charge is 2.23. The Bertz CT molecular complexity index is 426. The van der Waals surface area contributed by atoms with Crippen LogP contribution in [0.25, 0.3) is 0 Å². The second kappa shape index (κ2) is 6.18. The van der Waals surface area contributed by atoms with Gasteiger partial charge in [0.05, 0.1) is 0 Å². The van der Waals surface area contributed by atoms with Gasteiger partial charge in [0.2, 0.25) is 5.91 Å². The summed E-state index contributed by atoms with van der Waals surface area (Å²) in [6.45, 7) is 3.53. The number of aromatic nitrogens is 2. The maximum atomic E-state index is 11.7. The van der Waals surface area contributed by atoms with Gasteiger partial charge in [0, 0.05) is 25.4 Å². The van der Waals surface area contributed by atoms with Crippen LogP contribution in [0.3, 0.4) is 0 Å². The molecule has 0 radical (unpaired) electrons. The number of carboxylic acids is 1. The van der Waals surface area contributed by atoms with Crippen molar-refractivity contribution in [2.75, 3.05) is 0 Å². The minimum absolute atomic E-state index is 0.136. The molecule has 1 amide bonds. The average molecular weight is 253 g/mol. The lowest BCUT2D eigenvalue weighted by Gasteiger charge is -2.17. The van der Waals surface area contributed by atoms with Gasteiger partial charge in [0.15, 0.2) is 0 Å². The molecule has 1 rings (SSSR count). The molecule has 0 unspecified atom stereocenters. The maximum absolute atomic E-state index is 11.7. The SMILES string of the molecule is CC(C)[C@@H](NC(=O)CCc1ccnn1C)C(=O)O. The third-order valence-corrected chi connectivity index (χ3v) is 2.78. The lowest BCUT2D eigenvalue weighted by molar-refractivity contribution is -0.143. The molecule has 6 heteroatoms. The first kappa shape index (κ1) is 14.2. The second-order valence-corrected chi connectivity index (χ2v) is 4.57. The molecule has 0 bridgehead atoms. The van der Waals surface area contributed by atoms with Crippen LogP contribution in [-0.4, -0.2) is 32.8 Å². The van der Waals surface area contributed by atoms with E-state index >= 15 is 0 Å². The Labute approximate surface area is 106 Å². The fourth-order valence-corrected chi connectivity index (χ4v) is 1.65. The molecule has 0 aromatic carbocycles. The molecule has 1 atom stereocenters. The van der Waals surface area contributed by atoms with Crippen LogP contribution in [0.1, 0.15) is 26.0 Å². The number of hydrogen-bond acceptors (Lipinski definition) is 3. The number of amides is 1. The second-order valence-electron chi connectivity index (χ2n) is 4.57. The minimum atomic E-state index is -1.00. The lowest BCUT2D eigenvalue weighted by atomic mass is 10.0. The van der Waals surface area contributed by atoms with Crippen molar-refractivity contribution in [2.45, 2.75) is 32.7 Å². The molecule has 0 spiro atoms. The zero-order valence-corrected chi connectivity index (χ0v) is 10.9. The van der Waals surface area contributed by atoms with Gasteiger partial charge in [-0.15, -0.1) is 0 Å². The van der Waals surface area contributed by atoms with Crippen LogP contribution < -0.4 is 5.32 Å². The predicted octanol–water partition coefficient (Wildman–Crippen LogP) is 0.578. The van der Waals surface area contributed by atoms with Crippen LogP contribution in [-0.2, 0) is 23.1 Å². The summed E-state index contributed by atoms with van der Waals surface area (Å²) in [7, 11) is 1.81. The van der Waals surface area contributed by atoms with Gasteiger partial charge >= 0.3 is 5.97 Å². The van der Waals surface area contributed by atoms with Gasteiger partial charge in [-0.25, -0.2) is 4.79 Å². The molecule has 0 aliphatic heterocycles. The van der Waals surface area contributed by atoms with E-state index in [4.69, 9.17) is 5.11 Å². The summed E-state index contributed by atoms with van der Waals surface area (Å²) in [5.74, 6) is -1.39. The fraction of sp³-hybridized carbons (Fsp3) is 0.583. The minimum Gasteiger partial charge on any atom is -0.480 e. The number of carboxylic acid groups (broad SMARTS) is 1. The van der Waals surface area contributed by atoms with Crippen molar-refractivity contribution >= 4 is 11.9 Å². The highest BCUT2D eigenvalue weighted by molar-refractivity contribution is 5.83. The molecule has 0 aliphatic carbocycles. The van der Waals surface area contributed by atoms with E-state index in [9.17, 15) is 9.59 Å². The summed E-state index contributed by atoms with van der Waals surface area (Å²) in [5.41, 5.74) is 0.946. The van der Waals surface area contributed by atoms with Gasteiger partial charge in [0.25, 0.3) is 0 Å². The third kappa shape index (κ3) is 3.87. The summed E-state index contributed by atoms with van der Waals surface area (Å²) < 4.78 is 1.70. The number of aliphatic carboxylic acids is 1. The van der Waals surface area contributed by atoms with E-state index in [2.05, 4.69) is 10.4 Å². The largest absolute Gasteiger partial charge is 0.480 e. The molecule has 18 heavy (non-hydrogen) atoms. The highest BCUT2D eigenvalue weighted by Crippen LogP contribution is 2.04. The Morgan fingerprint density at radius 1 is 1.50 bits per heavy atom. The van der Waals surface area contributed by atoms with Crippen LogP contribution >= 0.6 is 0 Å². The highest BCUT2D eigenvalue weighted by atomic mass is 16.4. The monoisotopic (exact) mass is 253 g/mol. The van der Waals surface area contributed by atoms with Crippen molar-refractivity contribution in [3.05, 3.63) is 18.0 Å². The Kier molecular flexibility index (Phi) is 4.88. The van der Waals surface area contributed by atoms with E-state index in [0.29, 0.717) is 6.42 Å².